The molecule has 0 saturated heterocycles. The molecule has 4 nitrogen and oxygen atoms in total. The van der Waals surface area contributed by atoms with Crippen molar-refractivity contribution in [2.75, 3.05) is 27.2 Å². The van der Waals surface area contributed by atoms with Crippen molar-refractivity contribution in [1.29, 1.82) is 0 Å². The van der Waals surface area contributed by atoms with Gasteiger partial charge in [-0.2, -0.15) is 0 Å². The molecule has 88 valence electrons. The predicted molar refractivity (Wildman–Crippen MR) is 56.4 cm³/mol. The molecule has 4 heteroatoms. The second-order valence-electron chi connectivity index (χ2n) is 4.43. The molecule has 0 aromatic carbocycles. The molecule has 2 atom stereocenters. The van der Waals surface area contributed by atoms with Crippen LogP contribution in [-0.4, -0.2) is 59.6 Å². The fourth-order valence-electron chi connectivity index (χ4n) is 1.47. The smallest absolute Gasteiger partial charge is 0.105 e. The number of nitrogens with zero attached hydrogens (tertiary/aromatic N) is 1. The average molecular weight is 207 g/mol. The molecule has 0 radical (unpaired) electrons. The molecular weight excluding hydrogens is 182 g/mol. The maximum Gasteiger partial charge on any atom is 0.105 e. The second kappa shape index (κ2) is 7.17. The zero-order chi connectivity index (χ0) is 10.5. The molecule has 0 bridgehead atoms. The Morgan fingerprint density at radius 2 is 1.21 bits per heavy atom. The molecular formula is C10H25NO3. The van der Waals surface area contributed by atoms with Gasteiger partial charge in [-0.25, -0.2) is 0 Å². The van der Waals surface area contributed by atoms with E-state index in [1.165, 1.54) is 0 Å². The van der Waals surface area contributed by atoms with Gasteiger partial charge in [0.15, 0.2) is 0 Å². The van der Waals surface area contributed by atoms with Gasteiger partial charge in [-0.3, -0.25) is 0 Å². The molecule has 0 aliphatic heterocycles. The fourth-order valence-corrected chi connectivity index (χ4v) is 1.47. The molecule has 0 fully saturated rings. The standard InChI is InChI=1S/C10H24NO2.H2O/c1-5-9(12)7-11(3,4)8-10(13)6-2;/h9-10,12-13H,5-8H2,1-4H3;1H2/q+1;/p-1. The average Bonchev–Trinajstić information content (AvgIpc) is 2.02. The number of rotatable bonds is 6. The number of aliphatic hydroxyl groups excluding tert-OH is 2. The summed E-state index contributed by atoms with van der Waals surface area (Å²) < 4.78 is 0.685. The van der Waals surface area contributed by atoms with Gasteiger partial charge in [0, 0.05) is 0 Å². The second-order valence-corrected chi connectivity index (χ2v) is 4.43. The van der Waals surface area contributed by atoms with Crippen LogP contribution in [0.4, 0.5) is 0 Å². The van der Waals surface area contributed by atoms with E-state index in [-0.39, 0.29) is 17.7 Å². The van der Waals surface area contributed by atoms with E-state index in [1.807, 2.05) is 27.9 Å². The first-order valence-corrected chi connectivity index (χ1v) is 5.09. The molecule has 0 spiro atoms. The Morgan fingerprint density at radius 3 is 1.43 bits per heavy atom. The largest absolute Gasteiger partial charge is 0.870 e. The molecule has 3 N–H and O–H groups in total. The number of hydrogen-bond acceptors (Lipinski definition) is 3. The molecule has 2 unspecified atom stereocenters. The maximum absolute atomic E-state index is 9.48. The lowest BCUT2D eigenvalue weighted by atomic mass is 10.2. The summed E-state index contributed by atoms with van der Waals surface area (Å²) in [5.74, 6) is 0. The Hall–Kier alpha value is -0.160. The number of likely N-dealkylation sites (N-methyl/N-ethyl adjacent to an activating group) is 1. The first kappa shape index (κ1) is 16.3. The maximum atomic E-state index is 9.48. The summed E-state index contributed by atoms with van der Waals surface area (Å²) in [5, 5.41) is 19.0. The van der Waals surface area contributed by atoms with Crippen LogP contribution in [0.3, 0.4) is 0 Å². The fraction of sp³-hybridized carbons (Fsp3) is 1.00. The summed E-state index contributed by atoms with van der Waals surface area (Å²) in [5.41, 5.74) is 0. The summed E-state index contributed by atoms with van der Waals surface area (Å²) in [4.78, 5) is 0. The number of aliphatic hydroxyl groups is 2. The van der Waals surface area contributed by atoms with Crippen molar-refractivity contribution in [3.63, 3.8) is 0 Å². The van der Waals surface area contributed by atoms with Crippen molar-refractivity contribution in [2.45, 2.75) is 38.9 Å². The lowest BCUT2D eigenvalue weighted by molar-refractivity contribution is -0.896. The van der Waals surface area contributed by atoms with Crippen LogP contribution in [0.1, 0.15) is 26.7 Å². The van der Waals surface area contributed by atoms with E-state index in [0.717, 1.165) is 12.8 Å². The van der Waals surface area contributed by atoms with Gasteiger partial charge < -0.3 is 20.2 Å². The van der Waals surface area contributed by atoms with Crippen molar-refractivity contribution < 1.29 is 20.2 Å². The van der Waals surface area contributed by atoms with Gasteiger partial charge in [0.25, 0.3) is 0 Å². The van der Waals surface area contributed by atoms with E-state index in [1.54, 1.807) is 0 Å². The van der Waals surface area contributed by atoms with Gasteiger partial charge in [0.05, 0.1) is 14.1 Å². The monoisotopic (exact) mass is 207 g/mol. The van der Waals surface area contributed by atoms with Gasteiger partial charge in [-0.05, 0) is 12.8 Å². The number of hydrogen-bond donors (Lipinski definition) is 2. The van der Waals surface area contributed by atoms with Crippen molar-refractivity contribution in [3.8, 4) is 0 Å². The van der Waals surface area contributed by atoms with Crippen molar-refractivity contribution in [2.24, 2.45) is 0 Å². The quantitative estimate of drug-likeness (QED) is 0.620. The molecule has 0 aromatic rings. The highest BCUT2D eigenvalue weighted by Gasteiger charge is 2.22. The SMILES string of the molecule is CCC(O)C[N+](C)(C)CC(O)CC.[OH-]. The van der Waals surface area contributed by atoms with Crippen LogP contribution in [-0.2, 0) is 0 Å². The minimum Gasteiger partial charge on any atom is -0.870 e. The molecule has 0 rings (SSSR count). The third kappa shape index (κ3) is 7.26. The normalized spacial score (nSPS) is 15.9. The Morgan fingerprint density at radius 1 is 0.929 bits per heavy atom. The minimum absolute atomic E-state index is 0. The topological polar surface area (TPSA) is 70.5 Å². The highest BCUT2D eigenvalue weighted by molar-refractivity contribution is 4.54. The molecule has 0 amide bonds. The van der Waals surface area contributed by atoms with Crippen molar-refractivity contribution in [3.05, 3.63) is 0 Å². The summed E-state index contributed by atoms with van der Waals surface area (Å²) in [6.07, 6.45) is 1.06. The van der Waals surface area contributed by atoms with E-state index in [9.17, 15) is 10.2 Å². The Balaban J connectivity index is 0. The van der Waals surface area contributed by atoms with Crippen LogP contribution in [0.25, 0.3) is 0 Å². The van der Waals surface area contributed by atoms with Crippen molar-refractivity contribution in [1.82, 2.24) is 0 Å². The Labute approximate surface area is 87.1 Å². The van der Waals surface area contributed by atoms with Crippen LogP contribution in [0, 0.1) is 0 Å². The van der Waals surface area contributed by atoms with Crippen molar-refractivity contribution >= 4 is 0 Å². The van der Waals surface area contributed by atoms with Gasteiger partial charge in [0.1, 0.15) is 25.3 Å². The minimum atomic E-state index is -0.251. The van der Waals surface area contributed by atoms with E-state index < -0.39 is 0 Å². The van der Waals surface area contributed by atoms with Gasteiger partial charge >= 0.3 is 0 Å². The van der Waals surface area contributed by atoms with Crippen LogP contribution in [0.5, 0.6) is 0 Å². The van der Waals surface area contributed by atoms with E-state index in [2.05, 4.69) is 0 Å². The van der Waals surface area contributed by atoms with Gasteiger partial charge in [-0.15, -0.1) is 0 Å². The highest BCUT2D eigenvalue weighted by Crippen LogP contribution is 2.05. The summed E-state index contributed by atoms with van der Waals surface area (Å²) in [6, 6.07) is 0. The zero-order valence-corrected chi connectivity index (χ0v) is 9.77. The third-order valence-electron chi connectivity index (χ3n) is 2.35. The molecule has 0 saturated carbocycles. The van der Waals surface area contributed by atoms with Crippen LogP contribution in [0.2, 0.25) is 0 Å². The van der Waals surface area contributed by atoms with E-state index in [0.29, 0.717) is 17.6 Å². The zero-order valence-electron chi connectivity index (χ0n) is 9.77. The first-order valence-electron chi connectivity index (χ1n) is 5.09. The van der Waals surface area contributed by atoms with Gasteiger partial charge in [-0.1, -0.05) is 13.8 Å². The predicted octanol–water partition coefficient (Wildman–Crippen LogP) is 0.428. The van der Waals surface area contributed by atoms with Crippen LogP contribution >= 0.6 is 0 Å². The lowest BCUT2D eigenvalue weighted by Crippen LogP contribution is -2.49. The highest BCUT2D eigenvalue weighted by atomic mass is 16.3. The van der Waals surface area contributed by atoms with Crippen LogP contribution in [0.15, 0.2) is 0 Å². The van der Waals surface area contributed by atoms with Gasteiger partial charge in [0.2, 0.25) is 0 Å². The number of quaternary nitrogens is 1. The lowest BCUT2D eigenvalue weighted by Gasteiger charge is -2.33. The van der Waals surface area contributed by atoms with E-state index >= 15 is 0 Å². The summed E-state index contributed by atoms with van der Waals surface area (Å²) in [7, 11) is 4.08. The summed E-state index contributed by atoms with van der Waals surface area (Å²) in [6.45, 7) is 5.38. The van der Waals surface area contributed by atoms with E-state index in [4.69, 9.17) is 0 Å². The summed E-state index contributed by atoms with van der Waals surface area (Å²) >= 11 is 0. The third-order valence-corrected chi connectivity index (χ3v) is 2.35. The Kier molecular flexibility index (Phi) is 8.34. The van der Waals surface area contributed by atoms with Crippen LogP contribution < -0.4 is 0 Å². The Bertz CT molecular complexity index is 125. The molecule has 0 aliphatic rings. The molecule has 0 heterocycles. The molecule has 0 aromatic heterocycles. The molecule has 14 heavy (non-hydrogen) atoms. The molecule has 0 aliphatic carbocycles. The first-order chi connectivity index (χ1) is 5.91.